The summed E-state index contributed by atoms with van der Waals surface area (Å²) >= 11 is 1.49. The van der Waals surface area contributed by atoms with Crippen LogP contribution in [0, 0.1) is 6.92 Å². The van der Waals surface area contributed by atoms with Gasteiger partial charge in [0, 0.05) is 18.5 Å². The maximum absolute atomic E-state index is 12.8. The van der Waals surface area contributed by atoms with Crippen LogP contribution in [-0.2, 0) is 21.4 Å². The zero-order valence-corrected chi connectivity index (χ0v) is 15.9. The van der Waals surface area contributed by atoms with E-state index in [1.54, 1.807) is 0 Å². The SMILES string of the molecule is Cc1nc(CO[C@@H]2CCN(S(=O)(=O)c3ccccc3OC(F)(F)F)C2)cs1. The fraction of sp³-hybridized carbons (Fsp3) is 0.438. The van der Waals surface area contributed by atoms with Crippen LogP contribution in [-0.4, -0.2) is 43.3 Å². The van der Waals surface area contributed by atoms with E-state index in [1.807, 2.05) is 12.3 Å². The van der Waals surface area contributed by atoms with Gasteiger partial charge in [-0.2, -0.15) is 4.31 Å². The van der Waals surface area contributed by atoms with Crippen molar-refractivity contribution in [1.29, 1.82) is 0 Å². The standard InChI is InChI=1S/C16H17F3N2O4S2/c1-11-20-12(10-26-11)9-24-13-6-7-21(8-13)27(22,23)15-5-3-2-4-14(15)25-16(17,18)19/h2-5,10,13H,6-9H2,1H3/t13-/m1/s1. The summed E-state index contributed by atoms with van der Waals surface area (Å²) in [7, 11) is -4.14. The zero-order chi connectivity index (χ0) is 19.7. The van der Waals surface area contributed by atoms with Gasteiger partial charge in [-0.3, -0.25) is 0 Å². The summed E-state index contributed by atoms with van der Waals surface area (Å²) in [5, 5.41) is 2.77. The van der Waals surface area contributed by atoms with Gasteiger partial charge in [0.05, 0.1) is 23.4 Å². The van der Waals surface area contributed by atoms with E-state index in [2.05, 4.69) is 9.72 Å². The Kier molecular flexibility index (Phi) is 5.75. The van der Waals surface area contributed by atoms with Gasteiger partial charge in [0.1, 0.15) is 10.6 Å². The van der Waals surface area contributed by atoms with Crippen LogP contribution in [0.1, 0.15) is 17.1 Å². The molecule has 27 heavy (non-hydrogen) atoms. The molecule has 1 atom stereocenters. The van der Waals surface area contributed by atoms with Crippen LogP contribution in [0.3, 0.4) is 0 Å². The topological polar surface area (TPSA) is 68.7 Å². The fourth-order valence-electron chi connectivity index (χ4n) is 2.74. The summed E-state index contributed by atoms with van der Waals surface area (Å²) in [6.07, 6.45) is -4.88. The van der Waals surface area contributed by atoms with Crippen molar-refractivity contribution in [2.24, 2.45) is 0 Å². The lowest BCUT2D eigenvalue weighted by atomic mass is 10.3. The molecule has 1 aliphatic rings. The monoisotopic (exact) mass is 422 g/mol. The molecule has 6 nitrogen and oxygen atoms in total. The second-order valence-electron chi connectivity index (χ2n) is 5.94. The first kappa shape index (κ1) is 20.1. The van der Waals surface area contributed by atoms with E-state index < -0.39 is 27.0 Å². The molecule has 0 saturated carbocycles. The maximum Gasteiger partial charge on any atom is 0.573 e. The van der Waals surface area contributed by atoms with Crippen LogP contribution in [0.4, 0.5) is 13.2 Å². The van der Waals surface area contributed by atoms with Gasteiger partial charge in [-0.1, -0.05) is 12.1 Å². The highest BCUT2D eigenvalue weighted by Gasteiger charge is 2.38. The summed E-state index contributed by atoms with van der Waals surface area (Å²) in [5.41, 5.74) is 0.766. The number of halogens is 3. The third-order valence-electron chi connectivity index (χ3n) is 3.93. The van der Waals surface area contributed by atoms with Gasteiger partial charge >= 0.3 is 6.36 Å². The molecule has 0 bridgehead atoms. The Balaban J connectivity index is 1.69. The minimum Gasteiger partial charge on any atom is -0.404 e. The molecular weight excluding hydrogens is 405 g/mol. The Hall–Kier alpha value is -1.69. The van der Waals surface area contributed by atoms with Gasteiger partial charge in [0.2, 0.25) is 10.0 Å². The average molecular weight is 422 g/mol. The fourth-order valence-corrected chi connectivity index (χ4v) is 4.94. The van der Waals surface area contributed by atoms with E-state index >= 15 is 0 Å². The van der Waals surface area contributed by atoms with Crippen molar-refractivity contribution in [3.05, 3.63) is 40.3 Å². The van der Waals surface area contributed by atoms with E-state index in [1.165, 1.54) is 23.5 Å². The molecule has 3 rings (SSSR count). The van der Waals surface area contributed by atoms with Crippen LogP contribution >= 0.6 is 11.3 Å². The quantitative estimate of drug-likeness (QED) is 0.714. The summed E-state index contributed by atoms with van der Waals surface area (Å²) < 4.78 is 73.9. The molecule has 0 N–H and O–H groups in total. The summed E-state index contributed by atoms with van der Waals surface area (Å²) in [6, 6.07) is 4.72. The molecule has 1 aromatic heterocycles. The molecule has 0 radical (unpaired) electrons. The Labute approximate surface area is 158 Å². The number of nitrogens with zero attached hydrogens (tertiary/aromatic N) is 2. The molecule has 0 aliphatic carbocycles. The molecule has 1 aromatic carbocycles. The van der Waals surface area contributed by atoms with Gasteiger partial charge in [-0.05, 0) is 25.5 Å². The van der Waals surface area contributed by atoms with Crippen LogP contribution in [0.25, 0.3) is 0 Å². The lowest BCUT2D eigenvalue weighted by Crippen LogP contribution is -2.31. The number of sulfonamides is 1. The third-order valence-corrected chi connectivity index (χ3v) is 6.66. The first-order chi connectivity index (χ1) is 12.6. The predicted molar refractivity (Wildman–Crippen MR) is 91.9 cm³/mol. The molecule has 0 amide bonds. The van der Waals surface area contributed by atoms with Crippen molar-refractivity contribution >= 4 is 21.4 Å². The predicted octanol–water partition coefficient (Wildman–Crippen LogP) is 3.33. The second-order valence-corrected chi connectivity index (χ2v) is 8.91. The molecule has 148 valence electrons. The Morgan fingerprint density at radius 2 is 2.07 bits per heavy atom. The zero-order valence-electron chi connectivity index (χ0n) is 14.3. The van der Waals surface area contributed by atoms with E-state index in [0.717, 1.165) is 27.1 Å². The average Bonchev–Trinajstić information content (AvgIpc) is 3.21. The molecule has 1 fully saturated rings. The smallest absolute Gasteiger partial charge is 0.404 e. The van der Waals surface area contributed by atoms with Crippen molar-refractivity contribution in [1.82, 2.24) is 9.29 Å². The number of aryl methyl sites for hydroxylation is 1. The first-order valence-electron chi connectivity index (χ1n) is 8.03. The highest BCUT2D eigenvalue weighted by Crippen LogP contribution is 2.32. The Bertz CT molecular complexity index is 899. The van der Waals surface area contributed by atoms with E-state index in [9.17, 15) is 21.6 Å². The van der Waals surface area contributed by atoms with Crippen molar-refractivity contribution in [3.8, 4) is 5.75 Å². The molecule has 0 spiro atoms. The molecule has 1 aliphatic heterocycles. The number of hydrogen-bond donors (Lipinski definition) is 0. The van der Waals surface area contributed by atoms with Crippen LogP contribution in [0.5, 0.6) is 5.75 Å². The molecule has 2 aromatic rings. The molecule has 0 unspecified atom stereocenters. The highest BCUT2D eigenvalue weighted by atomic mass is 32.2. The molecule has 11 heteroatoms. The van der Waals surface area contributed by atoms with Crippen LogP contribution in [0.2, 0.25) is 0 Å². The molecular formula is C16H17F3N2O4S2. The number of thiazole rings is 1. The van der Waals surface area contributed by atoms with Gasteiger partial charge in [-0.15, -0.1) is 24.5 Å². The Morgan fingerprint density at radius 3 is 2.74 bits per heavy atom. The van der Waals surface area contributed by atoms with Gasteiger partial charge in [-0.25, -0.2) is 13.4 Å². The highest BCUT2D eigenvalue weighted by molar-refractivity contribution is 7.89. The third kappa shape index (κ3) is 4.98. The lowest BCUT2D eigenvalue weighted by molar-refractivity contribution is -0.275. The number of ether oxygens (including phenoxy) is 2. The van der Waals surface area contributed by atoms with E-state index in [-0.39, 0.29) is 25.8 Å². The van der Waals surface area contributed by atoms with Crippen LogP contribution < -0.4 is 4.74 Å². The number of hydrogen-bond acceptors (Lipinski definition) is 6. The van der Waals surface area contributed by atoms with Crippen LogP contribution in [0.15, 0.2) is 34.5 Å². The number of rotatable bonds is 6. The Morgan fingerprint density at radius 1 is 1.33 bits per heavy atom. The minimum atomic E-state index is -4.98. The van der Waals surface area contributed by atoms with Crippen molar-refractivity contribution in [3.63, 3.8) is 0 Å². The van der Waals surface area contributed by atoms with E-state index in [4.69, 9.17) is 4.74 Å². The number of alkyl halides is 3. The largest absolute Gasteiger partial charge is 0.573 e. The van der Waals surface area contributed by atoms with Gasteiger partial charge in [0.15, 0.2) is 0 Å². The maximum atomic E-state index is 12.8. The lowest BCUT2D eigenvalue weighted by Gasteiger charge is -2.19. The van der Waals surface area contributed by atoms with Crippen molar-refractivity contribution in [2.45, 2.75) is 37.3 Å². The van der Waals surface area contributed by atoms with E-state index in [0.29, 0.717) is 6.42 Å². The normalized spacial score (nSPS) is 18.7. The summed E-state index contributed by atoms with van der Waals surface area (Å²) in [4.78, 5) is 3.76. The molecule has 2 heterocycles. The number of benzene rings is 1. The summed E-state index contributed by atoms with van der Waals surface area (Å²) in [6.45, 7) is 2.35. The summed E-state index contributed by atoms with van der Waals surface area (Å²) in [5.74, 6) is -0.743. The van der Waals surface area contributed by atoms with Gasteiger partial charge < -0.3 is 9.47 Å². The number of aromatic nitrogens is 1. The first-order valence-corrected chi connectivity index (χ1v) is 10.3. The minimum absolute atomic E-state index is 0.0613. The van der Waals surface area contributed by atoms with Crippen molar-refractivity contribution < 1.29 is 31.1 Å². The van der Waals surface area contributed by atoms with Gasteiger partial charge in [0.25, 0.3) is 0 Å². The molecule has 1 saturated heterocycles. The van der Waals surface area contributed by atoms with Crippen molar-refractivity contribution in [2.75, 3.05) is 13.1 Å². The second kappa shape index (κ2) is 7.74. The number of para-hydroxylation sites is 1.